The topological polar surface area (TPSA) is 40.5 Å². The van der Waals surface area contributed by atoms with Crippen LogP contribution in [-0.4, -0.2) is 35.1 Å². The zero-order chi connectivity index (χ0) is 13.1. The number of hydrogen-bond acceptors (Lipinski definition) is 2. The first kappa shape index (κ1) is 13.1. The Bertz CT molecular complexity index is 430. The molecule has 3 nitrogen and oxygen atoms in total. The van der Waals surface area contributed by atoms with Crippen LogP contribution in [0, 0.1) is 6.92 Å². The van der Waals surface area contributed by atoms with Crippen molar-refractivity contribution in [2.45, 2.75) is 44.8 Å². The van der Waals surface area contributed by atoms with Crippen molar-refractivity contribution >= 4 is 5.91 Å². The standard InChI is InChI=1S/C15H21NO2/c1-11-7-3-4-8-12(11)15(18)16(2)13-9-5-6-10-14(13)17/h3-4,7-8,13-14,17H,5-6,9-10H2,1-2H3/t13-,14+/m0/s1. The molecule has 0 unspecified atom stereocenters. The van der Waals surface area contributed by atoms with Crippen molar-refractivity contribution in [3.05, 3.63) is 35.4 Å². The quantitative estimate of drug-likeness (QED) is 0.871. The average Bonchev–Trinajstić information content (AvgIpc) is 2.38. The van der Waals surface area contributed by atoms with Gasteiger partial charge >= 0.3 is 0 Å². The second-order valence-corrected chi connectivity index (χ2v) is 5.15. The van der Waals surface area contributed by atoms with Crippen molar-refractivity contribution < 1.29 is 9.90 Å². The van der Waals surface area contributed by atoms with Crippen LogP contribution in [0.5, 0.6) is 0 Å². The summed E-state index contributed by atoms with van der Waals surface area (Å²) in [6.07, 6.45) is 3.47. The monoisotopic (exact) mass is 247 g/mol. The Hall–Kier alpha value is -1.35. The summed E-state index contributed by atoms with van der Waals surface area (Å²) in [5.41, 5.74) is 1.72. The van der Waals surface area contributed by atoms with Gasteiger partial charge in [0.15, 0.2) is 0 Å². The van der Waals surface area contributed by atoms with Gasteiger partial charge in [-0.25, -0.2) is 0 Å². The number of carbonyl (C=O) groups excluding carboxylic acids is 1. The van der Waals surface area contributed by atoms with Crippen LogP contribution >= 0.6 is 0 Å². The van der Waals surface area contributed by atoms with Crippen LogP contribution in [0.4, 0.5) is 0 Å². The lowest BCUT2D eigenvalue weighted by Gasteiger charge is -2.35. The molecule has 1 aliphatic rings. The summed E-state index contributed by atoms with van der Waals surface area (Å²) in [5.74, 6) is 0.0130. The Balaban J connectivity index is 2.16. The van der Waals surface area contributed by atoms with E-state index >= 15 is 0 Å². The molecule has 1 aromatic carbocycles. The number of likely N-dealkylation sites (N-methyl/N-ethyl adjacent to an activating group) is 1. The predicted molar refractivity (Wildman–Crippen MR) is 71.5 cm³/mol. The molecule has 0 aromatic heterocycles. The van der Waals surface area contributed by atoms with Gasteiger partial charge in [0.1, 0.15) is 0 Å². The number of benzene rings is 1. The van der Waals surface area contributed by atoms with Gasteiger partial charge in [-0.15, -0.1) is 0 Å². The van der Waals surface area contributed by atoms with E-state index in [1.165, 1.54) is 0 Å². The molecule has 2 rings (SSSR count). The molecule has 1 fully saturated rings. The molecule has 0 radical (unpaired) electrons. The first-order chi connectivity index (χ1) is 8.61. The van der Waals surface area contributed by atoms with Gasteiger partial charge in [-0.05, 0) is 31.4 Å². The van der Waals surface area contributed by atoms with Gasteiger partial charge in [-0.3, -0.25) is 4.79 Å². The third kappa shape index (κ3) is 2.56. The van der Waals surface area contributed by atoms with E-state index in [9.17, 15) is 9.90 Å². The van der Waals surface area contributed by atoms with E-state index in [4.69, 9.17) is 0 Å². The molecule has 0 bridgehead atoms. The summed E-state index contributed by atoms with van der Waals surface area (Å²) >= 11 is 0. The van der Waals surface area contributed by atoms with E-state index in [-0.39, 0.29) is 18.1 Å². The van der Waals surface area contributed by atoms with Crippen molar-refractivity contribution in [2.24, 2.45) is 0 Å². The lowest BCUT2D eigenvalue weighted by atomic mass is 9.91. The molecule has 2 atom stereocenters. The maximum absolute atomic E-state index is 12.4. The minimum atomic E-state index is -0.378. The number of aliphatic hydroxyl groups is 1. The number of aryl methyl sites for hydroxylation is 1. The van der Waals surface area contributed by atoms with Gasteiger partial charge in [-0.1, -0.05) is 31.0 Å². The molecule has 0 spiro atoms. The smallest absolute Gasteiger partial charge is 0.254 e. The SMILES string of the molecule is Cc1ccccc1C(=O)N(C)[C@H]1CCCC[C@H]1O. The van der Waals surface area contributed by atoms with Gasteiger partial charge in [-0.2, -0.15) is 0 Å². The summed E-state index contributed by atoms with van der Waals surface area (Å²) in [5, 5.41) is 10.0. The van der Waals surface area contributed by atoms with Crippen LogP contribution in [0.1, 0.15) is 41.6 Å². The first-order valence-electron chi connectivity index (χ1n) is 6.62. The number of aliphatic hydroxyl groups excluding tert-OH is 1. The van der Waals surface area contributed by atoms with Crippen LogP contribution in [0.3, 0.4) is 0 Å². The van der Waals surface area contributed by atoms with Crippen molar-refractivity contribution in [1.29, 1.82) is 0 Å². The molecule has 1 amide bonds. The Labute approximate surface area is 108 Å². The van der Waals surface area contributed by atoms with Gasteiger partial charge in [0.05, 0.1) is 12.1 Å². The number of hydrogen-bond donors (Lipinski definition) is 1. The molecule has 1 aliphatic carbocycles. The minimum absolute atomic E-state index is 0.0130. The molecule has 1 saturated carbocycles. The Morgan fingerprint density at radius 1 is 1.28 bits per heavy atom. The zero-order valence-electron chi connectivity index (χ0n) is 11.1. The van der Waals surface area contributed by atoms with Crippen molar-refractivity contribution in [3.63, 3.8) is 0 Å². The van der Waals surface area contributed by atoms with Crippen molar-refractivity contribution in [2.75, 3.05) is 7.05 Å². The second-order valence-electron chi connectivity index (χ2n) is 5.15. The lowest BCUT2D eigenvalue weighted by Crippen LogP contribution is -2.46. The second kappa shape index (κ2) is 5.53. The molecule has 98 valence electrons. The highest BCUT2D eigenvalue weighted by atomic mass is 16.3. The van der Waals surface area contributed by atoms with Crippen LogP contribution < -0.4 is 0 Å². The highest BCUT2D eigenvalue weighted by molar-refractivity contribution is 5.95. The van der Waals surface area contributed by atoms with Crippen LogP contribution in [0.2, 0.25) is 0 Å². The third-order valence-corrected chi connectivity index (χ3v) is 3.89. The summed E-state index contributed by atoms with van der Waals surface area (Å²) in [6.45, 7) is 1.94. The Morgan fingerprint density at radius 3 is 2.61 bits per heavy atom. The van der Waals surface area contributed by atoms with E-state index in [1.807, 2.05) is 31.2 Å². The minimum Gasteiger partial charge on any atom is -0.391 e. The van der Waals surface area contributed by atoms with Crippen LogP contribution in [0.15, 0.2) is 24.3 Å². The van der Waals surface area contributed by atoms with Crippen molar-refractivity contribution in [3.8, 4) is 0 Å². The lowest BCUT2D eigenvalue weighted by molar-refractivity contribution is 0.0267. The number of rotatable bonds is 2. The van der Waals surface area contributed by atoms with Gasteiger partial charge in [0, 0.05) is 12.6 Å². The van der Waals surface area contributed by atoms with Crippen molar-refractivity contribution in [1.82, 2.24) is 4.90 Å². The Morgan fingerprint density at radius 2 is 1.94 bits per heavy atom. The number of carbonyl (C=O) groups is 1. The molecular weight excluding hydrogens is 226 g/mol. The highest BCUT2D eigenvalue weighted by Crippen LogP contribution is 2.24. The maximum Gasteiger partial charge on any atom is 0.254 e. The first-order valence-corrected chi connectivity index (χ1v) is 6.62. The molecular formula is C15H21NO2. The number of amides is 1. The normalized spacial score (nSPS) is 23.7. The van der Waals surface area contributed by atoms with Gasteiger partial charge < -0.3 is 10.0 Å². The van der Waals surface area contributed by atoms with E-state index in [1.54, 1.807) is 11.9 Å². The zero-order valence-corrected chi connectivity index (χ0v) is 11.1. The fourth-order valence-electron chi connectivity index (χ4n) is 2.70. The molecule has 0 saturated heterocycles. The summed E-state index contributed by atoms with van der Waals surface area (Å²) in [7, 11) is 1.80. The van der Waals surface area contributed by atoms with Gasteiger partial charge in [0.25, 0.3) is 5.91 Å². The fourth-order valence-corrected chi connectivity index (χ4v) is 2.70. The number of nitrogens with zero attached hydrogens (tertiary/aromatic N) is 1. The highest BCUT2D eigenvalue weighted by Gasteiger charge is 2.30. The van der Waals surface area contributed by atoms with Crippen LogP contribution in [-0.2, 0) is 0 Å². The molecule has 18 heavy (non-hydrogen) atoms. The maximum atomic E-state index is 12.4. The van der Waals surface area contributed by atoms with Crippen LogP contribution in [0.25, 0.3) is 0 Å². The van der Waals surface area contributed by atoms with E-state index in [2.05, 4.69) is 0 Å². The summed E-state index contributed by atoms with van der Waals surface area (Å²) < 4.78 is 0. The summed E-state index contributed by atoms with van der Waals surface area (Å²) in [6, 6.07) is 7.57. The molecule has 1 aromatic rings. The predicted octanol–water partition coefficient (Wildman–Crippen LogP) is 2.37. The average molecular weight is 247 g/mol. The van der Waals surface area contributed by atoms with E-state index < -0.39 is 0 Å². The molecule has 0 aliphatic heterocycles. The molecule has 0 heterocycles. The molecule has 3 heteroatoms. The van der Waals surface area contributed by atoms with E-state index in [0.29, 0.717) is 0 Å². The van der Waals surface area contributed by atoms with Gasteiger partial charge in [0.2, 0.25) is 0 Å². The molecule has 1 N–H and O–H groups in total. The Kier molecular flexibility index (Phi) is 4.02. The summed E-state index contributed by atoms with van der Waals surface area (Å²) in [4.78, 5) is 14.1. The van der Waals surface area contributed by atoms with E-state index in [0.717, 1.165) is 36.8 Å². The fraction of sp³-hybridized carbons (Fsp3) is 0.533. The largest absolute Gasteiger partial charge is 0.391 e. The third-order valence-electron chi connectivity index (χ3n) is 3.89.